The molecule has 2 amide bonds. The van der Waals surface area contributed by atoms with Gasteiger partial charge in [0, 0.05) is 18.9 Å². The molecule has 0 unspecified atom stereocenters. The topological polar surface area (TPSA) is 92.7 Å². The minimum absolute atomic E-state index is 0.291. The van der Waals surface area contributed by atoms with Crippen LogP contribution in [0.2, 0.25) is 0 Å². The van der Waals surface area contributed by atoms with E-state index in [1.807, 2.05) is 6.07 Å². The number of aromatic nitrogens is 1. The fourth-order valence-corrected chi connectivity index (χ4v) is 1.82. The van der Waals surface area contributed by atoms with E-state index in [9.17, 15) is 9.59 Å². The van der Waals surface area contributed by atoms with Gasteiger partial charge in [0.05, 0.1) is 13.3 Å². The molecule has 1 aromatic heterocycles. The molecule has 2 N–H and O–H groups in total. The third-order valence-corrected chi connectivity index (χ3v) is 3.05. The Morgan fingerprint density at radius 1 is 1.21 bits per heavy atom. The highest BCUT2D eigenvalue weighted by molar-refractivity contribution is 5.97. The number of ether oxygens (including phenoxy) is 1. The first-order chi connectivity index (χ1) is 11.7. The zero-order chi connectivity index (χ0) is 17.2. The highest BCUT2D eigenvalue weighted by Crippen LogP contribution is 2.09. The first-order valence-electron chi connectivity index (χ1n) is 7.29. The summed E-state index contributed by atoms with van der Waals surface area (Å²) in [5, 5.41) is 6.46. The second-order valence-electron chi connectivity index (χ2n) is 4.88. The van der Waals surface area contributed by atoms with Gasteiger partial charge in [0.1, 0.15) is 12.2 Å². The smallest absolute Gasteiger partial charge is 0.249 e. The van der Waals surface area contributed by atoms with Crippen molar-refractivity contribution in [1.29, 1.82) is 0 Å². The van der Waals surface area contributed by atoms with Crippen molar-refractivity contribution >= 4 is 18.0 Å². The molecule has 2 rings (SSSR count). The number of rotatable bonds is 7. The first-order valence-corrected chi connectivity index (χ1v) is 7.29. The molecule has 0 spiro atoms. The second-order valence-corrected chi connectivity index (χ2v) is 4.88. The zero-order valence-electron chi connectivity index (χ0n) is 13.2. The predicted octanol–water partition coefficient (Wildman–Crippen LogP) is 1.25. The number of pyridine rings is 1. The molecule has 7 nitrogen and oxygen atoms in total. The van der Waals surface area contributed by atoms with Crippen LogP contribution in [0.3, 0.4) is 0 Å². The van der Waals surface area contributed by atoms with E-state index in [2.05, 4.69) is 20.8 Å². The van der Waals surface area contributed by atoms with E-state index in [0.717, 1.165) is 16.9 Å². The van der Waals surface area contributed by atoms with Crippen LogP contribution in [0.1, 0.15) is 17.5 Å². The van der Waals surface area contributed by atoms with Crippen molar-refractivity contribution in [2.24, 2.45) is 5.10 Å². The zero-order valence-corrected chi connectivity index (χ0v) is 13.2. The van der Waals surface area contributed by atoms with Gasteiger partial charge in [-0.3, -0.25) is 14.6 Å². The third-order valence-electron chi connectivity index (χ3n) is 3.05. The number of nitrogens with zero attached hydrogens (tertiary/aromatic N) is 2. The molecular formula is C17H18N4O3. The van der Waals surface area contributed by atoms with Crippen LogP contribution in [0.15, 0.2) is 53.9 Å². The summed E-state index contributed by atoms with van der Waals surface area (Å²) >= 11 is 0. The number of nitrogens with one attached hydrogen (secondary N) is 2. The number of benzene rings is 1. The van der Waals surface area contributed by atoms with Gasteiger partial charge in [-0.1, -0.05) is 6.07 Å². The molecule has 0 aliphatic carbocycles. The molecule has 24 heavy (non-hydrogen) atoms. The number of hydrazone groups is 1. The van der Waals surface area contributed by atoms with Crippen molar-refractivity contribution in [1.82, 2.24) is 15.7 Å². The van der Waals surface area contributed by atoms with Crippen LogP contribution >= 0.6 is 0 Å². The summed E-state index contributed by atoms with van der Waals surface area (Å²) in [5.41, 5.74) is 3.98. The van der Waals surface area contributed by atoms with Gasteiger partial charge in [-0.15, -0.1) is 0 Å². The lowest BCUT2D eigenvalue weighted by atomic mass is 10.2. The Labute approximate surface area is 139 Å². The number of hydrogen-bond donors (Lipinski definition) is 2. The lowest BCUT2D eigenvalue weighted by Crippen LogP contribution is -2.29. The Hall–Kier alpha value is -3.22. The van der Waals surface area contributed by atoms with Crippen LogP contribution in [0.5, 0.6) is 5.75 Å². The fourth-order valence-electron chi connectivity index (χ4n) is 1.82. The van der Waals surface area contributed by atoms with Gasteiger partial charge in [0.15, 0.2) is 0 Å². The Kier molecular flexibility index (Phi) is 6.46. The van der Waals surface area contributed by atoms with E-state index >= 15 is 0 Å². The average molecular weight is 326 g/mol. The summed E-state index contributed by atoms with van der Waals surface area (Å²) in [5.74, 6) is -0.124. The van der Waals surface area contributed by atoms with E-state index in [1.165, 1.54) is 6.21 Å². The van der Waals surface area contributed by atoms with Crippen LogP contribution in [0.25, 0.3) is 0 Å². The molecule has 124 valence electrons. The maximum Gasteiger partial charge on any atom is 0.249 e. The van der Waals surface area contributed by atoms with Gasteiger partial charge >= 0.3 is 0 Å². The maximum atomic E-state index is 11.7. The Balaban J connectivity index is 1.71. The first kappa shape index (κ1) is 17.1. The monoisotopic (exact) mass is 326 g/mol. The molecule has 7 heteroatoms. The highest BCUT2D eigenvalue weighted by Gasteiger charge is 2.08. The Morgan fingerprint density at radius 3 is 2.67 bits per heavy atom. The Bertz CT molecular complexity index is 700. The highest BCUT2D eigenvalue weighted by atomic mass is 16.5. The van der Waals surface area contributed by atoms with Crippen molar-refractivity contribution in [2.45, 2.75) is 13.0 Å². The number of amides is 2. The molecule has 2 aromatic rings. The summed E-state index contributed by atoms with van der Waals surface area (Å²) in [6, 6.07) is 10.8. The van der Waals surface area contributed by atoms with Gasteiger partial charge in [0.2, 0.25) is 11.8 Å². The largest absolute Gasteiger partial charge is 0.497 e. The lowest BCUT2D eigenvalue weighted by molar-refractivity contribution is -0.129. The molecule has 0 aliphatic heterocycles. The van der Waals surface area contributed by atoms with E-state index in [0.29, 0.717) is 6.54 Å². The number of hydrogen-bond acceptors (Lipinski definition) is 5. The van der Waals surface area contributed by atoms with Gasteiger partial charge in [-0.25, -0.2) is 5.43 Å². The molecule has 0 saturated heterocycles. The maximum absolute atomic E-state index is 11.7. The predicted molar refractivity (Wildman–Crippen MR) is 89.4 cm³/mol. The van der Waals surface area contributed by atoms with Crippen molar-refractivity contribution in [3.8, 4) is 5.75 Å². The molecule has 0 atom stereocenters. The molecule has 0 radical (unpaired) electrons. The molecule has 0 saturated carbocycles. The summed E-state index contributed by atoms with van der Waals surface area (Å²) in [7, 11) is 1.59. The molecule has 0 bridgehead atoms. The second kappa shape index (κ2) is 9.04. The standard InChI is InChI=1S/C17H18N4O3/c1-24-15-6-4-13(5-7-15)12-20-21-17(23)9-16(22)19-11-14-3-2-8-18-10-14/h2-8,10,12H,9,11H2,1H3,(H,19,22)(H,21,23). The van der Waals surface area contributed by atoms with Crippen LogP contribution in [-0.2, 0) is 16.1 Å². The minimum atomic E-state index is -0.483. The normalized spacial score (nSPS) is 10.4. The van der Waals surface area contributed by atoms with Crippen molar-refractivity contribution in [3.63, 3.8) is 0 Å². The van der Waals surface area contributed by atoms with Crippen molar-refractivity contribution in [3.05, 3.63) is 59.9 Å². The molecule has 0 aliphatic rings. The van der Waals surface area contributed by atoms with Gasteiger partial charge in [-0.05, 0) is 41.5 Å². The number of methoxy groups -OCH3 is 1. The van der Waals surface area contributed by atoms with E-state index in [-0.39, 0.29) is 12.3 Å². The Morgan fingerprint density at radius 2 is 2.00 bits per heavy atom. The van der Waals surface area contributed by atoms with E-state index in [4.69, 9.17) is 4.74 Å². The van der Waals surface area contributed by atoms with Crippen molar-refractivity contribution < 1.29 is 14.3 Å². The minimum Gasteiger partial charge on any atom is -0.497 e. The summed E-state index contributed by atoms with van der Waals surface area (Å²) in [6.07, 6.45) is 4.50. The average Bonchev–Trinajstić information content (AvgIpc) is 2.61. The number of carbonyl (C=O) groups is 2. The fraction of sp³-hybridized carbons (Fsp3) is 0.176. The molecule has 0 fully saturated rings. The SMILES string of the molecule is COc1ccc(C=NNC(=O)CC(=O)NCc2cccnc2)cc1. The van der Waals surface area contributed by atoms with Gasteiger partial charge in [-0.2, -0.15) is 5.10 Å². The van der Waals surface area contributed by atoms with Crippen LogP contribution in [0.4, 0.5) is 0 Å². The third kappa shape index (κ3) is 5.88. The summed E-state index contributed by atoms with van der Waals surface area (Å²) in [6.45, 7) is 0.328. The van der Waals surface area contributed by atoms with E-state index in [1.54, 1.807) is 49.8 Å². The summed E-state index contributed by atoms with van der Waals surface area (Å²) < 4.78 is 5.05. The van der Waals surface area contributed by atoms with Crippen LogP contribution in [-0.4, -0.2) is 30.1 Å². The number of carbonyl (C=O) groups excluding carboxylic acids is 2. The van der Waals surface area contributed by atoms with Gasteiger partial charge in [0.25, 0.3) is 0 Å². The molecular weight excluding hydrogens is 308 g/mol. The lowest BCUT2D eigenvalue weighted by Gasteiger charge is -2.04. The van der Waals surface area contributed by atoms with Gasteiger partial charge < -0.3 is 10.1 Å². The van der Waals surface area contributed by atoms with E-state index < -0.39 is 5.91 Å². The summed E-state index contributed by atoms with van der Waals surface area (Å²) in [4.78, 5) is 27.3. The quantitative estimate of drug-likeness (QED) is 0.455. The van der Waals surface area contributed by atoms with Crippen LogP contribution in [0, 0.1) is 0 Å². The molecule has 1 heterocycles. The molecule has 1 aromatic carbocycles. The van der Waals surface area contributed by atoms with Crippen molar-refractivity contribution in [2.75, 3.05) is 7.11 Å². The van der Waals surface area contributed by atoms with Crippen LogP contribution < -0.4 is 15.5 Å².